The topological polar surface area (TPSA) is 36.4 Å². The summed E-state index contributed by atoms with van der Waals surface area (Å²) in [4.78, 5) is 21.2. The molecule has 1 aromatic carbocycles. The minimum absolute atomic E-state index is 0.0790. The highest BCUT2D eigenvalue weighted by Gasteiger charge is 2.46. The maximum atomic E-state index is 13.0. The summed E-state index contributed by atoms with van der Waals surface area (Å²) in [5.41, 5.74) is 2.29. The molecule has 1 saturated carbocycles. The first-order valence-corrected chi connectivity index (χ1v) is 8.86. The highest BCUT2D eigenvalue weighted by molar-refractivity contribution is 5.83. The predicted octanol–water partition coefficient (Wildman–Crippen LogP) is 2.67. The highest BCUT2D eigenvalue weighted by Crippen LogP contribution is 2.48. The second kappa shape index (κ2) is 6.92. The molecule has 5 heteroatoms. The van der Waals surface area contributed by atoms with Crippen LogP contribution >= 0.6 is 0 Å². The SMILES string of the molecule is O=C([C@@H]1C[C@@H]1c1ccc(F)cc1)N1CCN(Cc2cccnc2)CC1. The highest BCUT2D eigenvalue weighted by atomic mass is 19.1. The van der Waals surface area contributed by atoms with Gasteiger partial charge in [0, 0.05) is 51.0 Å². The molecule has 1 aromatic heterocycles. The Morgan fingerprint density at radius 2 is 1.88 bits per heavy atom. The van der Waals surface area contributed by atoms with Gasteiger partial charge in [0.2, 0.25) is 5.91 Å². The predicted molar refractivity (Wildman–Crippen MR) is 93.3 cm³/mol. The average Bonchev–Trinajstić information content (AvgIpc) is 3.44. The Morgan fingerprint density at radius 1 is 1.12 bits per heavy atom. The first-order chi connectivity index (χ1) is 12.2. The Balaban J connectivity index is 1.28. The van der Waals surface area contributed by atoms with E-state index in [0.29, 0.717) is 0 Å². The normalized spacial score (nSPS) is 23.5. The molecule has 25 heavy (non-hydrogen) atoms. The molecule has 1 aliphatic heterocycles. The van der Waals surface area contributed by atoms with Crippen molar-refractivity contribution in [2.24, 2.45) is 5.92 Å². The van der Waals surface area contributed by atoms with Crippen molar-refractivity contribution >= 4 is 5.91 Å². The van der Waals surface area contributed by atoms with Crippen LogP contribution in [0.5, 0.6) is 0 Å². The van der Waals surface area contributed by atoms with Gasteiger partial charge in [0.1, 0.15) is 5.82 Å². The summed E-state index contributed by atoms with van der Waals surface area (Å²) in [6.07, 6.45) is 4.57. The van der Waals surface area contributed by atoms with Crippen LogP contribution in [0.3, 0.4) is 0 Å². The lowest BCUT2D eigenvalue weighted by Crippen LogP contribution is -2.48. The van der Waals surface area contributed by atoms with E-state index in [1.54, 1.807) is 18.3 Å². The van der Waals surface area contributed by atoms with Gasteiger partial charge in [-0.15, -0.1) is 0 Å². The molecule has 2 aliphatic rings. The minimum Gasteiger partial charge on any atom is -0.340 e. The van der Waals surface area contributed by atoms with Crippen LogP contribution in [-0.2, 0) is 11.3 Å². The van der Waals surface area contributed by atoms with Gasteiger partial charge in [-0.3, -0.25) is 14.7 Å². The van der Waals surface area contributed by atoms with Gasteiger partial charge in [0.05, 0.1) is 0 Å². The number of carbonyl (C=O) groups is 1. The molecule has 130 valence electrons. The van der Waals surface area contributed by atoms with Crippen molar-refractivity contribution < 1.29 is 9.18 Å². The Labute approximate surface area is 147 Å². The maximum Gasteiger partial charge on any atom is 0.226 e. The number of rotatable bonds is 4. The van der Waals surface area contributed by atoms with Gasteiger partial charge in [-0.25, -0.2) is 4.39 Å². The van der Waals surface area contributed by atoms with Crippen LogP contribution in [-0.4, -0.2) is 46.9 Å². The number of halogens is 1. The fourth-order valence-corrected chi connectivity index (χ4v) is 3.66. The summed E-state index contributed by atoms with van der Waals surface area (Å²) in [5.74, 6) is 0.379. The smallest absolute Gasteiger partial charge is 0.226 e. The summed E-state index contributed by atoms with van der Waals surface area (Å²) in [5, 5.41) is 0. The second-order valence-corrected chi connectivity index (χ2v) is 6.96. The fourth-order valence-electron chi connectivity index (χ4n) is 3.66. The zero-order valence-corrected chi connectivity index (χ0v) is 14.1. The third kappa shape index (κ3) is 3.71. The van der Waals surface area contributed by atoms with E-state index in [1.165, 1.54) is 17.7 Å². The second-order valence-electron chi connectivity index (χ2n) is 6.96. The number of hydrogen-bond acceptors (Lipinski definition) is 3. The summed E-state index contributed by atoms with van der Waals surface area (Å²) >= 11 is 0. The van der Waals surface area contributed by atoms with E-state index in [9.17, 15) is 9.18 Å². The number of hydrogen-bond donors (Lipinski definition) is 0. The first kappa shape index (κ1) is 16.2. The molecule has 0 N–H and O–H groups in total. The quantitative estimate of drug-likeness (QED) is 0.859. The van der Waals surface area contributed by atoms with Crippen molar-refractivity contribution in [3.63, 3.8) is 0 Å². The Hall–Kier alpha value is -2.27. The van der Waals surface area contributed by atoms with Gasteiger partial charge in [0.25, 0.3) is 0 Å². The Kier molecular flexibility index (Phi) is 4.49. The monoisotopic (exact) mass is 339 g/mol. The average molecular weight is 339 g/mol. The van der Waals surface area contributed by atoms with Crippen molar-refractivity contribution in [1.29, 1.82) is 0 Å². The molecule has 2 heterocycles. The molecule has 0 radical (unpaired) electrons. The zero-order valence-electron chi connectivity index (χ0n) is 14.1. The fraction of sp³-hybridized carbons (Fsp3) is 0.400. The molecular weight excluding hydrogens is 317 g/mol. The third-order valence-electron chi connectivity index (χ3n) is 5.22. The van der Waals surface area contributed by atoms with Crippen LogP contribution in [0.15, 0.2) is 48.8 Å². The number of nitrogens with zero attached hydrogens (tertiary/aromatic N) is 3. The molecule has 1 saturated heterocycles. The van der Waals surface area contributed by atoms with E-state index < -0.39 is 0 Å². The molecule has 2 fully saturated rings. The van der Waals surface area contributed by atoms with Gasteiger partial charge in [-0.05, 0) is 41.7 Å². The number of aromatic nitrogens is 1. The van der Waals surface area contributed by atoms with E-state index in [2.05, 4.69) is 16.0 Å². The Bertz CT molecular complexity index is 726. The van der Waals surface area contributed by atoms with Crippen molar-refractivity contribution in [2.45, 2.75) is 18.9 Å². The minimum atomic E-state index is -0.225. The standard InChI is InChI=1S/C20H22FN3O/c21-17-5-3-16(4-6-17)18-12-19(18)20(25)24-10-8-23(9-11-24)14-15-2-1-7-22-13-15/h1-7,13,18-19H,8-12,14H2/t18-,19-/m1/s1. The molecule has 2 atom stereocenters. The lowest BCUT2D eigenvalue weighted by atomic mass is 10.1. The van der Waals surface area contributed by atoms with E-state index in [-0.39, 0.29) is 23.6 Å². The van der Waals surface area contributed by atoms with E-state index in [4.69, 9.17) is 0 Å². The molecule has 0 unspecified atom stereocenters. The summed E-state index contributed by atoms with van der Waals surface area (Å²) in [6.45, 7) is 4.25. The van der Waals surface area contributed by atoms with Gasteiger partial charge in [-0.1, -0.05) is 18.2 Å². The lowest BCUT2D eigenvalue weighted by molar-refractivity contribution is -0.134. The number of amides is 1. The van der Waals surface area contributed by atoms with Crippen LogP contribution < -0.4 is 0 Å². The molecule has 1 amide bonds. The van der Waals surface area contributed by atoms with Crippen molar-refractivity contribution in [1.82, 2.24) is 14.8 Å². The molecule has 4 rings (SSSR count). The number of carbonyl (C=O) groups excluding carboxylic acids is 1. The van der Waals surface area contributed by atoms with Crippen LogP contribution in [0.1, 0.15) is 23.5 Å². The third-order valence-corrected chi connectivity index (χ3v) is 5.22. The molecule has 0 spiro atoms. The molecule has 2 aromatic rings. The molecule has 1 aliphatic carbocycles. The van der Waals surface area contributed by atoms with Crippen LogP contribution in [0.2, 0.25) is 0 Å². The first-order valence-electron chi connectivity index (χ1n) is 8.86. The van der Waals surface area contributed by atoms with Crippen molar-refractivity contribution in [3.8, 4) is 0 Å². The van der Waals surface area contributed by atoms with Gasteiger partial charge in [0.15, 0.2) is 0 Å². The largest absolute Gasteiger partial charge is 0.340 e. The van der Waals surface area contributed by atoms with Crippen molar-refractivity contribution in [3.05, 3.63) is 65.7 Å². The van der Waals surface area contributed by atoms with E-state index in [0.717, 1.165) is 44.7 Å². The number of pyridine rings is 1. The zero-order chi connectivity index (χ0) is 17.2. The van der Waals surface area contributed by atoms with Crippen molar-refractivity contribution in [2.75, 3.05) is 26.2 Å². The lowest BCUT2D eigenvalue weighted by Gasteiger charge is -2.35. The molecular formula is C20H22FN3O. The van der Waals surface area contributed by atoms with Crippen LogP contribution in [0.25, 0.3) is 0 Å². The van der Waals surface area contributed by atoms with Crippen LogP contribution in [0.4, 0.5) is 4.39 Å². The van der Waals surface area contributed by atoms with Gasteiger partial charge in [-0.2, -0.15) is 0 Å². The van der Waals surface area contributed by atoms with E-state index in [1.807, 2.05) is 17.2 Å². The Morgan fingerprint density at radius 3 is 2.56 bits per heavy atom. The maximum absolute atomic E-state index is 13.0. The summed E-state index contributed by atoms with van der Waals surface area (Å²) in [7, 11) is 0. The molecule has 0 bridgehead atoms. The summed E-state index contributed by atoms with van der Waals surface area (Å²) < 4.78 is 13.0. The van der Waals surface area contributed by atoms with Crippen LogP contribution in [0, 0.1) is 11.7 Å². The van der Waals surface area contributed by atoms with Gasteiger partial charge >= 0.3 is 0 Å². The van der Waals surface area contributed by atoms with Gasteiger partial charge < -0.3 is 4.90 Å². The summed E-state index contributed by atoms with van der Waals surface area (Å²) in [6, 6.07) is 10.6. The molecule has 4 nitrogen and oxygen atoms in total. The number of benzene rings is 1. The van der Waals surface area contributed by atoms with E-state index >= 15 is 0 Å². The number of piperazine rings is 1.